The van der Waals surface area contributed by atoms with Crippen molar-refractivity contribution in [2.45, 2.75) is 0 Å². The zero-order chi connectivity index (χ0) is 11.3. The molecule has 0 saturated carbocycles. The van der Waals surface area contributed by atoms with Gasteiger partial charge in [0.25, 0.3) is 0 Å². The number of halogens is 1. The van der Waals surface area contributed by atoms with E-state index >= 15 is 0 Å². The summed E-state index contributed by atoms with van der Waals surface area (Å²) in [6.45, 7) is 0. The van der Waals surface area contributed by atoms with E-state index in [1.807, 2.05) is 0 Å². The van der Waals surface area contributed by atoms with E-state index in [1.54, 1.807) is 12.1 Å². The highest BCUT2D eigenvalue weighted by Crippen LogP contribution is 2.05. The third-order valence-corrected chi connectivity index (χ3v) is 1.78. The van der Waals surface area contributed by atoms with Crippen LogP contribution in [0.3, 0.4) is 0 Å². The topological polar surface area (TPSA) is 68.3 Å². The van der Waals surface area contributed by atoms with E-state index < -0.39 is 5.97 Å². The number of hydrogen-bond acceptors (Lipinski definition) is 4. The third-order valence-electron chi connectivity index (χ3n) is 1.53. The second-order valence-corrected chi connectivity index (χ2v) is 2.85. The Morgan fingerprint density at radius 1 is 1.53 bits per heavy atom. The lowest BCUT2D eigenvalue weighted by Crippen LogP contribution is -2.15. The first-order chi connectivity index (χ1) is 7.17. The Morgan fingerprint density at radius 3 is 2.87 bits per heavy atom. The van der Waals surface area contributed by atoms with Crippen molar-refractivity contribution < 1.29 is 14.3 Å². The van der Waals surface area contributed by atoms with Crippen molar-refractivity contribution in [2.24, 2.45) is 0 Å². The molecule has 1 aromatic rings. The van der Waals surface area contributed by atoms with Crippen molar-refractivity contribution in [2.75, 3.05) is 18.3 Å². The van der Waals surface area contributed by atoms with Gasteiger partial charge in [-0.1, -0.05) is 6.07 Å². The first kappa shape index (κ1) is 11.5. The van der Waals surface area contributed by atoms with Crippen molar-refractivity contribution in [3.05, 3.63) is 23.9 Å². The van der Waals surface area contributed by atoms with Crippen LogP contribution >= 0.6 is 11.6 Å². The number of carbonyl (C=O) groups excluding carboxylic acids is 2. The number of pyridine rings is 1. The molecule has 0 radical (unpaired) electrons. The van der Waals surface area contributed by atoms with Gasteiger partial charge < -0.3 is 10.1 Å². The molecule has 0 atom stereocenters. The van der Waals surface area contributed by atoms with E-state index in [2.05, 4.69) is 15.0 Å². The molecule has 1 rings (SSSR count). The van der Waals surface area contributed by atoms with Gasteiger partial charge in [-0.15, -0.1) is 11.6 Å². The standard InChI is InChI=1S/C9H9ClN2O3/c1-15-9(14)6-3-2-4-7(11-6)12-8(13)5-10/h2-4H,5H2,1H3,(H,11,12,13). The highest BCUT2D eigenvalue weighted by atomic mass is 35.5. The van der Waals surface area contributed by atoms with Crippen LogP contribution in [0.15, 0.2) is 18.2 Å². The maximum absolute atomic E-state index is 11.1. The van der Waals surface area contributed by atoms with Crippen LogP contribution < -0.4 is 5.32 Å². The summed E-state index contributed by atoms with van der Waals surface area (Å²) >= 11 is 5.30. The summed E-state index contributed by atoms with van der Waals surface area (Å²) in [5.74, 6) is -0.837. The fourth-order valence-corrected chi connectivity index (χ4v) is 0.966. The molecule has 6 heteroatoms. The molecule has 0 aromatic carbocycles. The quantitative estimate of drug-likeness (QED) is 0.620. The molecule has 1 heterocycles. The van der Waals surface area contributed by atoms with Crippen molar-refractivity contribution >= 4 is 29.3 Å². The van der Waals surface area contributed by atoms with Gasteiger partial charge in [-0.05, 0) is 12.1 Å². The Morgan fingerprint density at radius 2 is 2.27 bits per heavy atom. The molecule has 1 N–H and O–H groups in total. The number of nitrogens with one attached hydrogen (secondary N) is 1. The molecule has 0 unspecified atom stereocenters. The number of alkyl halides is 1. The van der Waals surface area contributed by atoms with E-state index in [9.17, 15) is 9.59 Å². The van der Waals surface area contributed by atoms with E-state index in [0.717, 1.165) is 0 Å². The fourth-order valence-electron chi connectivity index (χ4n) is 0.899. The Labute approximate surface area is 91.4 Å². The third kappa shape index (κ3) is 3.21. The van der Waals surface area contributed by atoms with Gasteiger partial charge in [-0.3, -0.25) is 4.79 Å². The minimum absolute atomic E-state index is 0.130. The maximum Gasteiger partial charge on any atom is 0.356 e. The highest BCUT2D eigenvalue weighted by molar-refractivity contribution is 6.29. The Kier molecular flexibility index (Phi) is 4.05. The molecular weight excluding hydrogens is 220 g/mol. The van der Waals surface area contributed by atoms with E-state index in [1.165, 1.54) is 13.2 Å². The van der Waals surface area contributed by atoms with E-state index in [-0.39, 0.29) is 23.3 Å². The van der Waals surface area contributed by atoms with Crippen LogP contribution in [-0.2, 0) is 9.53 Å². The zero-order valence-electron chi connectivity index (χ0n) is 7.99. The van der Waals surface area contributed by atoms with Crippen LogP contribution in [0.5, 0.6) is 0 Å². The summed E-state index contributed by atoms with van der Waals surface area (Å²) in [4.78, 5) is 25.9. The maximum atomic E-state index is 11.1. The molecular formula is C9H9ClN2O3. The minimum Gasteiger partial charge on any atom is -0.464 e. The predicted molar refractivity (Wildman–Crippen MR) is 54.9 cm³/mol. The monoisotopic (exact) mass is 228 g/mol. The molecule has 0 fully saturated rings. The van der Waals surface area contributed by atoms with Gasteiger partial charge in [-0.2, -0.15) is 0 Å². The number of carbonyl (C=O) groups is 2. The summed E-state index contributed by atoms with van der Waals surface area (Å²) in [5.41, 5.74) is 0.130. The van der Waals surface area contributed by atoms with Gasteiger partial charge >= 0.3 is 5.97 Å². The summed E-state index contributed by atoms with van der Waals surface area (Å²) in [6, 6.07) is 4.63. The Balaban J connectivity index is 2.83. The number of amides is 1. The van der Waals surface area contributed by atoms with Crippen LogP contribution in [0.4, 0.5) is 5.82 Å². The molecule has 1 aromatic heterocycles. The number of nitrogens with zero attached hydrogens (tertiary/aromatic N) is 1. The summed E-state index contributed by atoms with van der Waals surface area (Å²) in [5, 5.41) is 2.42. The van der Waals surface area contributed by atoms with Crippen LogP contribution in [0, 0.1) is 0 Å². The summed E-state index contributed by atoms with van der Waals surface area (Å²) in [7, 11) is 1.26. The molecule has 0 aliphatic rings. The normalized spacial score (nSPS) is 9.47. The number of ether oxygens (including phenoxy) is 1. The lowest BCUT2D eigenvalue weighted by Gasteiger charge is -2.03. The van der Waals surface area contributed by atoms with Gasteiger partial charge in [0.05, 0.1) is 7.11 Å². The number of methoxy groups -OCH3 is 1. The van der Waals surface area contributed by atoms with Crippen molar-refractivity contribution in [1.29, 1.82) is 0 Å². The SMILES string of the molecule is COC(=O)c1cccc(NC(=O)CCl)n1. The highest BCUT2D eigenvalue weighted by Gasteiger charge is 2.08. The average Bonchev–Trinajstić information content (AvgIpc) is 2.28. The van der Waals surface area contributed by atoms with Gasteiger partial charge in [0.1, 0.15) is 11.7 Å². The smallest absolute Gasteiger partial charge is 0.356 e. The van der Waals surface area contributed by atoms with Crippen LogP contribution in [0.2, 0.25) is 0 Å². The van der Waals surface area contributed by atoms with Crippen LogP contribution in [0.1, 0.15) is 10.5 Å². The van der Waals surface area contributed by atoms with Crippen LogP contribution in [-0.4, -0.2) is 29.9 Å². The number of aromatic nitrogens is 1. The number of hydrogen-bond donors (Lipinski definition) is 1. The number of anilines is 1. The number of rotatable bonds is 3. The summed E-state index contributed by atoms with van der Waals surface area (Å²) in [6.07, 6.45) is 0. The lowest BCUT2D eigenvalue weighted by atomic mass is 10.3. The first-order valence-electron chi connectivity index (χ1n) is 4.08. The zero-order valence-corrected chi connectivity index (χ0v) is 8.75. The largest absolute Gasteiger partial charge is 0.464 e. The second-order valence-electron chi connectivity index (χ2n) is 2.58. The molecule has 0 aliphatic carbocycles. The Bertz CT molecular complexity index is 381. The van der Waals surface area contributed by atoms with Crippen molar-refractivity contribution in [3.63, 3.8) is 0 Å². The molecule has 5 nitrogen and oxygen atoms in total. The predicted octanol–water partition coefficient (Wildman–Crippen LogP) is 1.05. The molecule has 15 heavy (non-hydrogen) atoms. The molecule has 0 spiro atoms. The van der Waals surface area contributed by atoms with Gasteiger partial charge in [-0.25, -0.2) is 9.78 Å². The van der Waals surface area contributed by atoms with E-state index in [4.69, 9.17) is 11.6 Å². The molecule has 0 bridgehead atoms. The molecule has 1 amide bonds. The van der Waals surface area contributed by atoms with Gasteiger partial charge in [0, 0.05) is 0 Å². The minimum atomic E-state index is -0.558. The summed E-state index contributed by atoms with van der Waals surface area (Å²) < 4.78 is 4.48. The van der Waals surface area contributed by atoms with Crippen molar-refractivity contribution in [3.8, 4) is 0 Å². The fraction of sp³-hybridized carbons (Fsp3) is 0.222. The van der Waals surface area contributed by atoms with Gasteiger partial charge in [0.15, 0.2) is 5.69 Å². The van der Waals surface area contributed by atoms with Crippen molar-refractivity contribution in [1.82, 2.24) is 4.98 Å². The van der Waals surface area contributed by atoms with Crippen LogP contribution in [0.25, 0.3) is 0 Å². The molecule has 0 aliphatic heterocycles. The molecule has 0 saturated heterocycles. The van der Waals surface area contributed by atoms with Gasteiger partial charge in [0.2, 0.25) is 5.91 Å². The van der Waals surface area contributed by atoms with E-state index in [0.29, 0.717) is 0 Å². The lowest BCUT2D eigenvalue weighted by molar-refractivity contribution is -0.113. The first-order valence-corrected chi connectivity index (χ1v) is 4.62. The second kappa shape index (κ2) is 5.31. The molecule has 80 valence electrons. The number of esters is 1. The average molecular weight is 229 g/mol. The Hall–Kier alpha value is -1.62.